The lowest BCUT2D eigenvalue weighted by Crippen LogP contribution is -2.09. The van der Waals surface area contributed by atoms with Crippen LogP contribution in [-0.4, -0.2) is 25.0 Å². The Kier molecular flexibility index (Phi) is 6.38. The van der Waals surface area contributed by atoms with E-state index in [1.165, 1.54) is 7.11 Å². The number of methoxy groups -OCH3 is 1. The van der Waals surface area contributed by atoms with E-state index in [0.717, 1.165) is 11.1 Å². The fraction of sp³-hybridized carbons (Fsp3) is 0.308. The fourth-order valence-electron chi connectivity index (χ4n) is 1.19. The first kappa shape index (κ1) is 13.8. The predicted molar refractivity (Wildman–Crippen MR) is 68.8 cm³/mol. The molecule has 17 heavy (non-hydrogen) atoms. The van der Waals surface area contributed by atoms with Crippen LogP contribution in [0, 0.1) is 11.8 Å². The third kappa shape index (κ3) is 5.53. The maximum Gasteiger partial charge on any atom is 0.331 e. The van der Waals surface area contributed by atoms with E-state index in [2.05, 4.69) is 32.5 Å². The van der Waals surface area contributed by atoms with E-state index in [1.54, 1.807) is 0 Å². The van der Waals surface area contributed by atoms with E-state index in [4.69, 9.17) is 4.74 Å². The van der Waals surface area contributed by atoms with Crippen molar-refractivity contribution in [1.82, 2.24) is 0 Å². The molecule has 0 atom stereocenters. The average molecular weight is 297 g/mol. The van der Waals surface area contributed by atoms with Crippen LogP contribution in [0.4, 0.5) is 0 Å². The Bertz CT molecular complexity index is 432. The van der Waals surface area contributed by atoms with Gasteiger partial charge in [0.25, 0.3) is 0 Å². The number of rotatable bonds is 4. The molecule has 0 bridgehead atoms. The van der Waals surface area contributed by atoms with Crippen molar-refractivity contribution in [2.24, 2.45) is 0 Å². The molecule has 0 N–H and O–H groups in total. The van der Waals surface area contributed by atoms with E-state index in [-0.39, 0.29) is 12.6 Å². The van der Waals surface area contributed by atoms with Crippen molar-refractivity contribution in [2.45, 2.75) is 6.61 Å². The van der Waals surface area contributed by atoms with Gasteiger partial charge in [-0.15, -0.1) is 0 Å². The Morgan fingerprint density at radius 2 is 2.29 bits per heavy atom. The zero-order chi connectivity index (χ0) is 12.5. The van der Waals surface area contributed by atoms with E-state index in [0.29, 0.717) is 11.9 Å². The third-order valence-electron chi connectivity index (χ3n) is 1.94. The first-order valence-corrected chi connectivity index (χ1v) is 6.16. The summed E-state index contributed by atoms with van der Waals surface area (Å²) in [5, 5.41) is 0.649. The van der Waals surface area contributed by atoms with Gasteiger partial charge in [0.15, 0.2) is 0 Å². The molecule has 0 heterocycles. The molecule has 0 fully saturated rings. The van der Waals surface area contributed by atoms with E-state index >= 15 is 0 Å². The van der Waals surface area contributed by atoms with Crippen LogP contribution in [0.2, 0.25) is 0 Å². The second-order valence-corrected chi connectivity index (χ2v) is 3.77. The number of ether oxygens (including phenoxy) is 2. The molecule has 0 aliphatic heterocycles. The molecule has 0 saturated heterocycles. The summed E-state index contributed by atoms with van der Waals surface area (Å²) in [5.74, 6) is 5.55. The van der Waals surface area contributed by atoms with E-state index in [1.807, 2.05) is 24.3 Å². The maximum absolute atomic E-state index is 10.8. The standard InChI is InChI=1S/C13H13BrO3/c1-16-13(15)10-17-9-12-5-2-4-11(8-12)6-3-7-14/h2,4-5,8H,7,9-10H2,1H3. The molecule has 1 rings (SSSR count). The maximum atomic E-state index is 10.8. The van der Waals surface area contributed by atoms with Crippen LogP contribution >= 0.6 is 15.9 Å². The number of benzene rings is 1. The summed E-state index contributed by atoms with van der Waals surface area (Å²) in [6.45, 7) is 0.340. The highest BCUT2D eigenvalue weighted by Crippen LogP contribution is 2.05. The number of hydrogen-bond donors (Lipinski definition) is 0. The molecule has 1 aromatic rings. The molecule has 0 amide bonds. The van der Waals surface area contributed by atoms with Crippen molar-refractivity contribution >= 4 is 21.9 Å². The van der Waals surface area contributed by atoms with Gasteiger partial charge in [0, 0.05) is 5.56 Å². The van der Waals surface area contributed by atoms with Crippen molar-refractivity contribution in [3.05, 3.63) is 35.4 Å². The number of hydrogen-bond acceptors (Lipinski definition) is 3. The molecule has 1 aromatic carbocycles. The molecule has 0 aromatic heterocycles. The predicted octanol–water partition coefficient (Wildman–Crippen LogP) is 2.12. The Morgan fingerprint density at radius 1 is 1.47 bits per heavy atom. The first-order chi connectivity index (χ1) is 8.26. The summed E-state index contributed by atoms with van der Waals surface area (Å²) >= 11 is 3.24. The molecular formula is C13H13BrO3. The monoisotopic (exact) mass is 296 g/mol. The van der Waals surface area contributed by atoms with E-state index < -0.39 is 0 Å². The number of esters is 1. The first-order valence-electron chi connectivity index (χ1n) is 5.04. The van der Waals surface area contributed by atoms with Gasteiger partial charge in [-0.05, 0) is 17.7 Å². The van der Waals surface area contributed by atoms with Gasteiger partial charge < -0.3 is 9.47 Å². The summed E-state index contributed by atoms with van der Waals surface area (Å²) in [4.78, 5) is 10.8. The molecule has 90 valence electrons. The van der Waals surface area contributed by atoms with Crippen LogP contribution in [0.5, 0.6) is 0 Å². The third-order valence-corrected chi connectivity index (χ3v) is 2.22. The largest absolute Gasteiger partial charge is 0.467 e. The highest BCUT2D eigenvalue weighted by Gasteiger charge is 2.00. The fourth-order valence-corrected chi connectivity index (χ4v) is 1.33. The number of halogens is 1. The van der Waals surface area contributed by atoms with Crippen LogP contribution in [0.15, 0.2) is 24.3 Å². The van der Waals surface area contributed by atoms with Gasteiger partial charge in [-0.3, -0.25) is 0 Å². The Labute approximate surface area is 109 Å². The summed E-state index contributed by atoms with van der Waals surface area (Å²) in [6.07, 6.45) is 0. The molecule has 0 aliphatic rings. The topological polar surface area (TPSA) is 35.5 Å². The van der Waals surface area contributed by atoms with Crippen molar-refractivity contribution in [1.29, 1.82) is 0 Å². The van der Waals surface area contributed by atoms with E-state index in [9.17, 15) is 4.79 Å². The van der Waals surface area contributed by atoms with Crippen LogP contribution in [-0.2, 0) is 20.9 Å². The number of alkyl halides is 1. The molecular weight excluding hydrogens is 284 g/mol. The zero-order valence-corrected chi connectivity index (χ0v) is 11.1. The lowest BCUT2D eigenvalue weighted by molar-refractivity contribution is -0.146. The van der Waals surface area contributed by atoms with Gasteiger partial charge in [-0.1, -0.05) is 39.9 Å². The minimum atomic E-state index is -0.375. The Morgan fingerprint density at radius 3 is 3.00 bits per heavy atom. The summed E-state index contributed by atoms with van der Waals surface area (Å²) < 4.78 is 9.67. The van der Waals surface area contributed by atoms with Crippen LogP contribution in [0.1, 0.15) is 11.1 Å². The van der Waals surface area contributed by atoms with Gasteiger partial charge in [0.05, 0.1) is 19.0 Å². The van der Waals surface area contributed by atoms with Crippen molar-refractivity contribution < 1.29 is 14.3 Å². The van der Waals surface area contributed by atoms with Gasteiger partial charge in [0.1, 0.15) is 6.61 Å². The normalized spacial score (nSPS) is 9.29. The second-order valence-electron chi connectivity index (χ2n) is 3.20. The zero-order valence-electron chi connectivity index (χ0n) is 9.53. The number of carbonyl (C=O) groups excluding carboxylic acids is 1. The van der Waals surface area contributed by atoms with Crippen molar-refractivity contribution in [3.8, 4) is 11.8 Å². The Balaban J connectivity index is 2.51. The minimum Gasteiger partial charge on any atom is -0.467 e. The molecule has 0 aliphatic carbocycles. The quantitative estimate of drug-likeness (QED) is 0.485. The van der Waals surface area contributed by atoms with Crippen LogP contribution in [0.3, 0.4) is 0 Å². The summed E-state index contributed by atoms with van der Waals surface area (Å²) in [7, 11) is 1.34. The highest BCUT2D eigenvalue weighted by molar-refractivity contribution is 9.09. The molecule has 0 unspecified atom stereocenters. The lowest BCUT2D eigenvalue weighted by Gasteiger charge is -2.03. The summed E-state index contributed by atoms with van der Waals surface area (Å²) in [5.41, 5.74) is 1.92. The summed E-state index contributed by atoms with van der Waals surface area (Å²) in [6, 6.07) is 7.71. The highest BCUT2D eigenvalue weighted by atomic mass is 79.9. The van der Waals surface area contributed by atoms with Crippen LogP contribution in [0.25, 0.3) is 0 Å². The Hall–Kier alpha value is -1.31. The average Bonchev–Trinajstić information content (AvgIpc) is 2.36. The molecule has 0 radical (unpaired) electrons. The smallest absolute Gasteiger partial charge is 0.331 e. The number of carbonyl (C=O) groups is 1. The molecule has 3 nitrogen and oxygen atoms in total. The molecule has 0 saturated carbocycles. The second kappa shape index (κ2) is 7.88. The minimum absolute atomic E-state index is 0.0339. The van der Waals surface area contributed by atoms with Crippen LogP contribution < -0.4 is 0 Å². The van der Waals surface area contributed by atoms with Gasteiger partial charge in [-0.2, -0.15) is 0 Å². The van der Waals surface area contributed by atoms with Gasteiger partial charge >= 0.3 is 5.97 Å². The molecule has 4 heteroatoms. The SMILES string of the molecule is COC(=O)COCc1cccc(C#CCBr)c1. The van der Waals surface area contributed by atoms with Crippen molar-refractivity contribution in [3.63, 3.8) is 0 Å². The molecule has 0 spiro atoms. The van der Waals surface area contributed by atoms with Gasteiger partial charge in [0.2, 0.25) is 0 Å². The van der Waals surface area contributed by atoms with Gasteiger partial charge in [-0.25, -0.2) is 4.79 Å². The lowest BCUT2D eigenvalue weighted by atomic mass is 10.1. The van der Waals surface area contributed by atoms with Crippen molar-refractivity contribution in [2.75, 3.05) is 19.0 Å².